The molecule has 0 bridgehead atoms. The monoisotopic (exact) mass is 444 g/mol. The summed E-state index contributed by atoms with van der Waals surface area (Å²) >= 11 is 0. The molecule has 162 valence electrons. The first-order chi connectivity index (χ1) is 15.4. The highest BCUT2D eigenvalue weighted by molar-refractivity contribution is 7.97. The van der Waals surface area contributed by atoms with Gasteiger partial charge in [-0.25, -0.2) is 8.42 Å². The topological polar surface area (TPSA) is 66.5 Å². The second kappa shape index (κ2) is 8.85. The number of aryl methyl sites for hydroxylation is 1. The number of carbonyl (C=O) groups excluding carboxylic acids is 1. The Morgan fingerprint density at radius 3 is 2.34 bits per heavy atom. The van der Waals surface area contributed by atoms with Crippen molar-refractivity contribution in [1.82, 2.24) is 5.32 Å². The van der Waals surface area contributed by atoms with Gasteiger partial charge in [-0.1, -0.05) is 78.9 Å². The molecule has 0 atom stereocenters. The summed E-state index contributed by atoms with van der Waals surface area (Å²) in [5, 5.41) is 2.83. The van der Waals surface area contributed by atoms with Crippen molar-refractivity contribution in [2.75, 3.05) is 10.8 Å². The summed E-state index contributed by atoms with van der Waals surface area (Å²) in [6.45, 7) is 5.95. The molecule has 3 aromatic rings. The Hall–Kier alpha value is -3.64. The van der Waals surface area contributed by atoms with E-state index in [0.717, 1.165) is 11.1 Å². The maximum Gasteiger partial charge on any atom is 0.270 e. The zero-order valence-electron chi connectivity index (χ0n) is 17.8. The number of rotatable bonds is 6. The first-order valence-corrected chi connectivity index (χ1v) is 11.7. The lowest BCUT2D eigenvalue weighted by Crippen LogP contribution is -2.41. The van der Waals surface area contributed by atoms with E-state index < -0.39 is 15.9 Å². The van der Waals surface area contributed by atoms with E-state index >= 15 is 0 Å². The molecule has 0 saturated heterocycles. The van der Waals surface area contributed by atoms with Gasteiger partial charge in [0.25, 0.3) is 15.9 Å². The molecule has 0 saturated carbocycles. The molecule has 0 radical (unpaired) electrons. The third kappa shape index (κ3) is 3.85. The van der Waals surface area contributed by atoms with Gasteiger partial charge in [0, 0.05) is 17.7 Å². The maximum atomic E-state index is 13.7. The van der Waals surface area contributed by atoms with Crippen LogP contribution in [-0.2, 0) is 21.4 Å². The van der Waals surface area contributed by atoms with Crippen LogP contribution < -0.4 is 9.62 Å². The van der Waals surface area contributed by atoms with Crippen LogP contribution in [0, 0.1) is 6.92 Å². The highest BCUT2D eigenvalue weighted by Crippen LogP contribution is 2.42. The van der Waals surface area contributed by atoms with Crippen LogP contribution >= 0.6 is 0 Å². The average molecular weight is 445 g/mol. The number of hydrogen-bond donors (Lipinski definition) is 1. The molecule has 1 aliphatic heterocycles. The normalized spacial score (nSPS) is 14.6. The molecule has 4 rings (SSSR count). The highest BCUT2D eigenvalue weighted by Gasteiger charge is 2.40. The van der Waals surface area contributed by atoms with E-state index in [1.807, 2.05) is 73.7 Å². The van der Waals surface area contributed by atoms with Crippen molar-refractivity contribution in [2.24, 2.45) is 0 Å². The minimum absolute atomic E-state index is 0.0655. The Morgan fingerprint density at radius 2 is 1.62 bits per heavy atom. The predicted molar refractivity (Wildman–Crippen MR) is 128 cm³/mol. The minimum atomic E-state index is -4.12. The van der Waals surface area contributed by atoms with E-state index in [0.29, 0.717) is 22.4 Å². The molecule has 1 amide bonds. The minimum Gasteiger partial charge on any atom is -0.347 e. The zero-order chi connectivity index (χ0) is 22.7. The van der Waals surface area contributed by atoms with Crippen molar-refractivity contribution in [2.45, 2.75) is 13.5 Å². The molecular formula is C26H24N2O3S. The van der Waals surface area contributed by atoms with E-state index in [2.05, 4.69) is 11.9 Å². The van der Waals surface area contributed by atoms with E-state index in [1.54, 1.807) is 12.1 Å². The summed E-state index contributed by atoms with van der Waals surface area (Å²) in [6.07, 6.45) is 1.52. The van der Waals surface area contributed by atoms with Crippen LogP contribution in [0.4, 0.5) is 5.69 Å². The molecule has 0 unspecified atom stereocenters. The van der Waals surface area contributed by atoms with Gasteiger partial charge in [-0.2, -0.15) is 0 Å². The van der Waals surface area contributed by atoms with Crippen molar-refractivity contribution in [1.29, 1.82) is 0 Å². The summed E-state index contributed by atoms with van der Waals surface area (Å²) in [6, 6.07) is 24.1. The number of para-hydroxylation sites is 1. The lowest BCUT2D eigenvalue weighted by Gasteiger charge is -2.32. The van der Waals surface area contributed by atoms with E-state index in [1.165, 1.54) is 10.4 Å². The van der Waals surface area contributed by atoms with Crippen LogP contribution in [-0.4, -0.2) is 20.9 Å². The second-order valence-corrected chi connectivity index (χ2v) is 9.32. The number of benzene rings is 3. The van der Waals surface area contributed by atoms with E-state index in [4.69, 9.17) is 0 Å². The summed E-state index contributed by atoms with van der Waals surface area (Å²) in [5.41, 5.74) is 4.25. The summed E-state index contributed by atoms with van der Waals surface area (Å²) < 4.78 is 28.7. The first-order valence-electron chi connectivity index (χ1n) is 10.3. The zero-order valence-corrected chi connectivity index (χ0v) is 18.6. The number of fused-ring (bicyclic) bond motifs is 1. The number of carbonyl (C=O) groups is 1. The van der Waals surface area contributed by atoms with E-state index in [-0.39, 0.29) is 18.0 Å². The molecule has 0 spiro atoms. The molecule has 1 N–H and O–H groups in total. The van der Waals surface area contributed by atoms with Crippen molar-refractivity contribution < 1.29 is 13.2 Å². The fourth-order valence-electron chi connectivity index (χ4n) is 3.89. The molecule has 6 heteroatoms. The Labute approximate surface area is 188 Å². The van der Waals surface area contributed by atoms with Crippen molar-refractivity contribution in [3.05, 3.63) is 119 Å². The van der Waals surface area contributed by atoms with Gasteiger partial charge in [0.1, 0.15) is 0 Å². The molecule has 3 aromatic carbocycles. The molecule has 32 heavy (non-hydrogen) atoms. The van der Waals surface area contributed by atoms with Crippen molar-refractivity contribution in [3.63, 3.8) is 0 Å². The van der Waals surface area contributed by atoms with Crippen LogP contribution in [0.15, 0.2) is 96.4 Å². The Morgan fingerprint density at radius 1 is 0.969 bits per heavy atom. The van der Waals surface area contributed by atoms with Gasteiger partial charge in [0.05, 0.1) is 12.2 Å². The Bertz CT molecular complexity index is 1310. The van der Waals surface area contributed by atoms with E-state index in [9.17, 15) is 13.2 Å². The fourth-order valence-corrected chi connectivity index (χ4v) is 5.63. The molecule has 5 nitrogen and oxygen atoms in total. The smallest absolute Gasteiger partial charge is 0.270 e. The number of hydrogen-bond acceptors (Lipinski definition) is 3. The lowest BCUT2D eigenvalue weighted by molar-refractivity contribution is -0.116. The number of nitrogens with zero attached hydrogens (tertiary/aromatic N) is 1. The molecule has 0 fully saturated rings. The third-order valence-corrected chi connectivity index (χ3v) is 7.31. The van der Waals surface area contributed by atoms with Crippen LogP contribution in [0.3, 0.4) is 0 Å². The molecule has 1 heterocycles. The number of sulfonamides is 1. The highest BCUT2D eigenvalue weighted by atomic mass is 32.2. The van der Waals surface area contributed by atoms with Gasteiger partial charge in [0.2, 0.25) is 0 Å². The summed E-state index contributed by atoms with van der Waals surface area (Å²) in [7, 11) is -4.12. The SMILES string of the molecule is C=CCN1c2ccccc2C(c2ccccc2)=C(C(=O)NCc2ccccc2C)S1(=O)=O. The van der Waals surface area contributed by atoms with Crippen LogP contribution in [0.2, 0.25) is 0 Å². The second-order valence-electron chi connectivity index (χ2n) is 7.52. The number of amides is 1. The standard InChI is InChI=1S/C26H24N2O3S/c1-3-17-28-23-16-10-9-15-22(23)24(20-12-5-4-6-13-20)25(32(28,30)31)26(29)27-18-21-14-8-7-11-19(21)2/h3-16H,1,17-18H2,2H3,(H,27,29). The Kier molecular flexibility index (Phi) is 5.97. The average Bonchev–Trinajstić information content (AvgIpc) is 2.80. The molecule has 0 aromatic heterocycles. The number of anilines is 1. The van der Waals surface area contributed by atoms with Crippen LogP contribution in [0.5, 0.6) is 0 Å². The fraction of sp³-hybridized carbons (Fsp3) is 0.115. The summed E-state index contributed by atoms with van der Waals surface area (Å²) in [5.74, 6) is -0.629. The van der Waals surface area contributed by atoms with Gasteiger partial charge in [-0.15, -0.1) is 6.58 Å². The maximum absolute atomic E-state index is 13.7. The van der Waals surface area contributed by atoms with Gasteiger partial charge < -0.3 is 5.32 Å². The van der Waals surface area contributed by atoms with Gasteiger partial charge in [-0.05, 0) is 29.7 Å². The van der Waals surface area contributed by atoms with Gasteiger partial charge >= 0.3 is 0 Å². The largest absolute Gasteiger partial charge is 0.347 e. The van der Waals surface area contributed by atoms with Crippen LogP contribution in [0.25, 0.3) is 5.57 Å². The molecular weight excluding hydrogens is 420 g/mol. The molecule has 1 aliphatic rings. The quantitative estimate of drug-likeness (QED) is 0.573. The Balaban J connectivity index is 1.89. The third-order valence-electron chi connectivity index (χ3n) is 5.48. The molecule has 0 aliphatic carbocycles. The predicted octanol–water partition coefficient (Wildman–Crippen LogP) is 4.41. The van der Waals surface area contributed by atoms with Crippen molar-refractivity contribution in [3.8, 4) is 0 Å². The lowest BCUT2D eigenvalue weighted by atomic mass is 9.95. The van der Waals surface area contributed by atoms with Gasteiger partial charge in [-0.3, -0.25) is 9.10 Å². The van der Waals surface area contributed by atoms with Crippen LogP contribution in [0.1, 0.15) is 22.3 Å². The van der Waals surface area contributed by atoms with Crippen molar-refractivity contribution >= 4 is 27.2 Å². The van der Waals surface area contributed by atoms with Gasteiger partial charge in [0.15, 0.2) is 4.91 Å². The number of nitrogens with one attached hydrogen (secondary N) is 1. The summed E-state index contributed by atoms with van der Waals surface area (Å²) in [4.78, 5) is 13.2. The first kappa shape index (κ1) is 21.6.